The number of nitrogens with zero attached hydrogens (tertiary/aromatic N) is 1. The molecule has 4 heteroatoms. The molecule has 0 bridgehead atoms. The predicted octanol–water partition coefficient (Wildman–Crippen LogP) is 2.18. The van der Waals surface area contributed by atoms with Crippen LogP contribution in [-0.4, -0.2) is 29.4 Å². The summed E-state index contributed by atoms with van der Waals surface area (Å²) in [5.41, 5.74) is 5.39. The molecule has 1 saturated heterocycles. The first-order valence-electron chi connectivity index (χ1n) is 6.09. The molecule has 1 aliphatic rings. The van der Waals surface area contributed by atoms with E-state index in [-0.39, 0.29) is 18.3 Å². The van der Waals surface area contributed by atoms with E-state index >= 15 is 0 Å². The first kappa shape index (κ1) is 15.7. The molecule has 0 aromatic heterocycles. The highest BCUT2D eigenvalue weighted by molar-refractivity contribution is 5.86. The molecule has 0 aromatic carbocycles. The van der Waals surface area contributed by atoms with Crippen molar-refractivity contribution in [2.24, 2.45) is 11.7 Å². The molecule has 0 saturated carbocycles. The Hall–Kier alpha value is -0.280. The van der Waals surface area contributed by atoms with E-state index in [9.17, 15) is 4.79 Å². The molecule has 2 atom stereocenters. The molecule has 96 valence electrons. The van der Waals surface area contributed by atoms with E-state index in [1.807, 2.05) is 11.8 Å². The summed E-state index contributed by atoms with van der Waals surface area (Å²) >= 11 is 0. The zero-order chi connectivity index (χ0) is 11.5. The monoisotopic (exact) mass is 248 g/mol. The van der Waals surface area contributed by atoms with Crippen molar-refractivity contribution in [3.8, 4) is 0 Å². The van der Waals surface area contributed by atoms with Crippen LogP contribution in [0.1, 0.15) is 46.5 Å². The van der Waals surface area contributed by atoms with Crippen molar-refractivity contribution in [2.75, 3.05) is 13.1 Å². The normalized spacial score (nSPS) is 23.8. The third-order valence-corrected chi connectivity index (χ3v) is 3.41. The van der Waals surface area contributed by atoms with Crippen molar-refractivity contribution >= 4 is 18.3 Å². The van der Waals surface area contributed by atoms with Gasteiger partial charge in [0.1, 0.15) is 0 Å². The number of likely N-dealkylation sites (tertiary alicyclic amines) is 1. The highest BCUT2D eigenvalue weighted by Gasteiger charge is 2.35. The van der Waals surface area contributed by atoms with E-state index in [0.29, 0.717) is 5.92 Å². The Kier molecular flexibility index (Phi) is 6.34. The molecule has 3 nitrogen and oxygen atoms in total. The molecule has 16 heavy (non-hydrogen) atoms. The van der Waals surface area contributed by atoms with Crippen molar-refractivity contribution in [1.29, 1.82) is 0 Å². The number of rotatable bonds is 4. The molecule has 0 radical (unpaired) electrons. The number of halogens is 1. The van der Waals surface area contributed by atoms with Crippen molar-refractivity contribution in [2.45, 2.75) is 52.0 Å². The predicted molar refractivity (Wildman–Crippen MR) is 69.7 cm³/mol. The topological polar surface area (TPSA) is 46.3 Å². The third kappa shape index (κ3) is 3.63. The van der Waals surface area contributed by atoms with Gasteiger partial charge >= 0.3 is 0 Å². The fourth-order valence-electron chi connectivity index (χ4n) is 2.34. The maximum Gasteiger partial charge on any atom is 0.242 e. The van der Waals surface area contributed by atoms with Crippen molar-refractivity contribution < 1.29 is 4.79 Å². The Balaban J connectivity index is 0.00000225. The summed E-state index contributed by atoms with van der Waals surface area (Å²) in [6.45, 7) is 7.92. The molecular formula is C12H25ClN2O. The average molecular weight is 249 g/mol. The lowest BCUT2D eigenvalue weighted by Gasteiger charge is -2.28. The van der Waals surface area contributed by atoms with Crippen LogP contribution in [0.15, 0.2) is 0 Å². The quantitative estimate of drug-likeness (QED) is 0.829. The molecule has 0 aromatic rings. The zero-order valence-electron chi connectivity index (χ0n) is 10.7. The van der Waals surface area contributed by atoms with Gasteiger partial charge in [-0.3, -0.25) is 4.79 Å². The summed E-state index contributed by atoms with van der Waals surface area (Å²) in [7, 11) is 0. The van der Waals surface area contributed by atoms with E-state index < -0.39 is 5.54 Å². The van der Waals surface area contributed by atoms with E-state index in [1.54, 1.807) is 0 Å². The van der Waals surface area contributed by atoms with Crippen LogP contribution >= 0.6 is 12.4 Å². The summed E-state index contributed by atoms with van der Waals surface area (Å²) in [5.74, 6) is 0.826. The fourth-order valence-corrected chi connectivity index (χ4v) is 2.34. The molecule has 1 amide bonds. The van der Waals surface area contributed by atoms with Gasteiger partial charge in [-0.2, -0.15) is 0 Å². The van der Waals surface area contributed by atoms with Gasteiger partial charge in [-0.1, -0.05) is 26.7 Å². The second kappa shape index (κ2) is 6.45. The van der Waals surface area contributed by atoms with Crippen LogP contribution < -0.4 is 5.73 Å². The number of amides is 1. The van der Waals surface area contributed by atoms with Gasteiger partial charge in [-0.25, -0.2) is 0 Å². The van der Waals surface area contributed by atoms with E-state index in [0.717, 1.165) is 32.4 Å². The second-order valence-electron chi connectivity index (χ2n) is 4.98. The molecule has 2 unspecified atom stereocenters. The van der Waals surface area contributed by atoms with Crippen molar-refractivity contribution in [3.63, 3.8) is 0 Å². The zero-order valence-corrected chi connectivity index (χ0v) is 11.5. The van der Waals surface area contributed by atoms with Crippen LogP contribution in [0.5, 0.6) is 0 Å². The van der Waals surface area contributed by atoms with Gasteiger partial charge in [0.25, 0.3) is 0 Å². The van der Waals surface area contributed by atoms with Crippen LogP contribution in [0.25, 0.3) is 0 Å². The van der Waals surface area contributed by atoms with E-state index in [4.69, 9.17) is 5.73 Å². The minimum atomic E-state index is -0.655. The van der Waals surface area contributed by atoms with Crippen LogP contribution in [0.2, 0.25) is 0 Å². The first-order valence-corrected chi connectivity index (χ1v) is 6.09. The standard InChI is InChI=1S/C12H24N2O.ClH/c1-4-7-12(3,13)11(15)14-8-6-10(5-2)9-14;/h10H,4-9,13H2,1-3H3;1H. The first-order chi connectivity index (χ1) is 7.01. The maximum absolute atomic E-state index is 12.1. The number of hydrogen-bond acceptors (Lipinski definition) is 2. The Morgan fingerprint density at radius 2 is 2.12 bits per heavy atom. The Morgan fingerprint density at radius 1 is 1.50 bits per heavy atom. The molecule has 0 aliphatic carbocycles. The van der Waals surface area contributed by atoms with Crippen LogP contribution in [0.3, 0.4) is 0 Å². The highest BCUT2D eigenvalue weighted by atomic mass is 35.5. The Morgan fingerprint density at radius 3 is 2.56 bits per heavy atom. The molecular weight excluding hydrogens is 224 g/mol. The van der Waals surface area contributed by atoms with E-state index in [1.165, 1.54) is 6.42 Å². The second-order valence-corrected chi connectivity index (χ2v) is 4.98. The summed E-state index contributed by atoms with van der Waals surface area (Å²) in [4.78, 5) is 14.1. The maximum atomic E-state index is 12.1. The minimum Gasteiger partial charge on any atom is -0.341 e. The van der Waals surface area contributed by atoms with Gasteiger partial charge in [0, 0.05) is 13.1 Å². The lowest BCUT2D eigenvalue weighted by molar-refractivity contribution is -0.135. The van der Waals surface area contributed by atoms with Gasteiger partial charge in [0.2, 0.25) is 5.91 Å². The molecule has 1 heterocycles. The van der Waals surface area contributed by atoms with Crippen LogP contribution in [0.4, 0.5) is 0 Å². The minimum absolute atomic E-state index is 0. The van der Waals surface area contributed by atoms with Crippen molar-refractivity contribution in [3.05, 3.63) is 0 Å². The SMILES string of the molecule is CCCC(C)(N)C(=O)N1CCC(CC)C1.Cl. The van der Waals surface area contributed by atoms with Crippen LogP contribution in [0, 0.1) is 5.92 Å². The Bertz CT molecular complexity index is 231. The van der Waals surface area contributed by atoms with Gasteiger partial charge in [-0.05, 0) is 25.7 Å². The van der Waals surface area contributed by atoms with Gasteiger partial charge in [-0.15, -0.1) is 12.4 Å². The smallest absolute Gasteiger partial charge is 0.242 e. The Labute approximate surface area is 105 Å². The number of nitrogens with two attached hydrogens (primary N) is 1. The molecule has 0 spiro atoms. The number of hydrogen-bond donors (Lipinski definition) is 1. The summed E-state index contributed by atoms with van der Waals surface area (Å²) in [6, 6.07) is 0. The van der Waals surface area contributed by atoms with Gasteiger partial charge in [0.15, 0.2) is 0 Å². The molecule has 1 aliphatic heterocycles. The molecule has 1 rings (SSSR count). The van der Waals surface area contributed by atoms with E-state index in [2.05, 4.69) is 13.8 Å². The fraction of sp³-hybridized carbons (Fsp3) is 0.917. The molecule has 1 fully saturated rings. The van der Waals surface area contributed by atoms with Crippen molar-refractivity contribution in [1.82, 2.24) is 4.90 Å². The molecule has 2 N–H and O–H groups in total. The van der Waals surface area contributed by atoms with Gasteiger partial charge in [0.05, 0.1) is 5.54 Å². The average Bonchev–Trinajstić information content (AvgIpc) is 2.64. The lowest BCUT2D eigenvalue weighted by Crippen LogP contribution is -2.52. The summed E-state index contributed by atoms with van der Waals surface area (Å²) in [6.07, 6.45) is 4.05. The van der Waals surface area contributed by atoms with Crippen LogP contribution in [-0.2, 0) is 4.79 Å². The number of carbonyl (C=O) groups is 1. The third-order valence-electron chi connectivity index (χ3n) is 3.41. The lowest BCUT2D eigenvalue weighted by atomic mass is 9.96. The summed E-state index contributed by atoms with van der Waals surface area (Å²) < 4.78 is 0. The summed E-state index contributed by atoms with van der Waals surface area (Å²) in [5, 5.41) is 0. The number of carbonyl (C=O) groups excluding carboxylic acids is 1. The van der Waals surface area contributed by atoms with Gasteiger partial charge < -0.3 is 10.6 Å². The largest absolute Gasteiger partial charge is 0.341 e. The highest BCUT2D eigenvalue weighted by Crippen LogP contribution is 2.22.